The van der Waals surface area contributed by atoms with Crippen LogP contribution in [0.2, 0.25) is 0 Å². The first-order valence-electron chi connectivity index (χ1n) is 3.80. The molecule has 78 valence electrons. The van der Waals surface area contributed by atoms with Crippen LogP contribution in [-0.4, -0.2) is 29.8 Å². The summed E-state index contributed by atoms with van der Waals surface area (Å²) in [7, 11) is 0. The fourth-order valence-corrected chi connectivity index (χ4v) is 1.04. The van der Waals surface area contributed by atoms with Gasteiger partial charge in [0.2, 0.25) is 0 Å². The normalized spacial score (nSPS) is 24.2. The molecule has 2 N–H and O–H groups in total. The summed E-state index contributed by atoms with van der Waals surface area (Å²) in [4.78, 5) is 10.0. The average Bonchev–Trinajstić information content (AvgIpc) is 2.07. The lowest BCUT2D eigenvalue weighted by atomic mass is 10.00. The zero-order chi connectivity index (χ0) is 10.8. The van der Waals surface area contributed by atoms with Crippen molar-refractivity contribution in [2.75, 3.05) is 6.54 Å². The molecule has 1 amide bonds. The number of carbonyl (C=O) groups is 1. The molecule has 6 heteroatoms. The summed E-state index contributed by atoms with van der Waals surface area (Å²) in [5, 5.41) is 10.0. The van der Waals surface area contributed by atoms with Gasteiger partial charge in [0.1, 0.15) is 0 Å². The Labute approximate surface area is 77.9 Å². The number of rotatable bonds is 2. The first-order valence-corrected chi connectivity index (χ1v) is 3.80. The number of halogens is 3. The molecular weight excluding hydrogens is 199 g/mol. The molecular formula is C8H8F3NO2. The van der Waals surface area contributed by atoms with Gasteiger partial charge in [-0.15, -0.1) is 0 Å². The molecule has 1 unspecified atom stereocenters. The van der Waals surface area contributed by atoms with Gasteiger partial charge in [-0.3, -0.25) is 0 Å². The van der Waals surface area contributed by atoms with Crippen molar-refractivity contribution < 1.29 is 23.1 Å². The van der Waals surface area contributed by atoms with Crippen molar-refractivity contribution in [3.8, 4) is 0 Å². The van der Waals surface area contributed by atoms with E-state index < -0.39 is 24.7 Å². The van der Waals surface area contributed by atoms with E-state index in [-0.39, 0.29) is 5.57 Å². The molecule has 0 aromatic carbocycles. The lowest BCUT2D eigenvalue weighted by Crippen LogP contribution is -2.36. The van der Waals surface area contributed by atoms with Crippen molar-refractivity contribution in [1.29, 1.82) is 0 Å². The van der Waals surface area contributed by atoms with E-state index in [9.17, 15) is 18.0 Å². The van der Waals surface area contributed by atoms with Crippen LogP contribution in [0.4, 0.5) is 18.0 Å². The highest BCUT2D eigenvalue weighted by Gasteiger charge is 2.41. The van der Waals surface area contributed by atoms with Crippen molar-refractivity contribution >= 4 is 6.09 Å². The molecule has 1 aliphatic carbocycles. The Bertz CT molecular complexity index is 299. The van der Waals surface area contributed by atoms with Crippen LogP contribution in [0, 0.1) is 0 Å². The van der Waals surface area contributed by atoms with Crippen molar-refractivity contribution in [2.24, 2.45) is 0 Å². The maximum atomic E-state index is 13.0. The van der Waals surface area contributed by atoms with E-state index in [1.165, 1.54) is 0 Å². The highest BCUT2D eigenvalue weighted by Crippen LogP contribution is 2.31. The lowest BCUT2D eigenvalue weighted by molar-refractivity contribution is -0.0133. The zero-order valence-corrected chi connectivity index (χ0v) is 7.01. The molecule has 0 saturated carbocycles. The predicted molar refractivity (Wildman–Crippen MR) is 43.1 cm³/mol. The van der Waals surface area contributed by atoms with Crippen molar-refractivity contribution in [3.63, 3.8) is 0 Å². The molecule has 0 radical (unpaired) electrons. The highest BCUT2D eigenvalue weighted by molar-refractivity contribution is 5.64. The van der Waals surface area contributed by atoms with E-state index in [4.69, 9.17) is 5.11 Å². The average molecular weight is 207 g/mol. The molecule has 3 nitrogen and oxygen atoms in total. The second kappa shape index (κ2) is 3.73. The molecule has 0 aromatic rings. The van der Waals surface area contributed by atoms with Gasteiger partial charge < -0.3 is 10.4 Å². The molecule has 0 aliphatic heterocycles. The van der Waals surface area contributed by atoms with E-state index in [1.807, 2.05) is 5.32 Å². The van der Waals surface area contributed by atoms with Gasteiger partial charge >= 0.3 is 12.0 Å². The Hall–Kier alpha value is -1.46. The molecule has 14 heavy (non-hydrogen) atoms. The van der Waals surface area contributed by atoms with Gasteiger partial charge in [0, 0.05) is 6.54 Å². The third-order valence-electron chi connectivity index (χ3n) is 1.74. The van der Waals surface area contributed by atoms with Gasteiger partial charge in [-0.05, 0) is 11.6 Å². The summed E-state index contributed by atoms with van der Waals surface area (Å²) in [6, 6.07) is 0. The third-order valence-corrected chi connectivity index (χ3v) is 1.74. The molecule has 1 rings (SSSR count). The number of carboxylic acid groups (broad SMARTS) is 1. The molecule has 0 heterocycles. The minimum absolute atomic E-state index is 0.278. The van der Waals surface area contributed by atoms with Gasteiger partial charge in [0.05, 0.1) is 0 Å². The van der Waals surface area contributed by atoms with Gasteiger partial charge in [0.25, 0.3) is 0 Å². The summed E-state index contributed by atoms with van der Waals surface area (Å²) in [5.41, 5.74) is -0.278. The molecule has 1 atom stereocenters. The van der Waals surface area contributed by atoms with Crippen LogP contribution in [0.5, 0.6) is 0 Å². The minimum atomic E-state index is -3.55. The summed E-state index contributed by atoms with van der Waals surface area (Å²) in [5.74, 6) is -3.55. The van der Waals surface area contributed by atoms with Gasteiger partial charge in [-0.1, -0.05) is 12.2 Å². The van der Waals surface area contributed by atoms with Crippen LogP contribution >= 0.6 is 0 Å². The van der Waals surface area contributed by atoms with Gasteiger partial charge in [0.15, 0.2) is 6.17 Å². The number of amides is 1. The Kier molecular flexibility index (Phi) is 2.83. The Balaban J connectivity index is 2.66. The zero-order valence-electron chi connectivity index (χ0n) is 7.01. The number of alkyl halides is 3. The van der Waals surface area contributed by atoms with Crippen LogP contribution < -0.4 is 5.32 Å². The predicted octanol–water partition coefficient (Wildman–Crippen LogP) is 1.72. The highest BCUT2D eigenvalue weighted by atomic mass is 19.3. The second-order valence-electron chi connectivity index (χ2n) is 2.80. The maximum absolute atomic E-state index is 13.0. The third kappa shape index (κ3) is 2.27. The molecule has 0 fully saturated rings. The smallest absolute Gasteiger partial charge is 0.404 e. The van der Waals surface area contributed by atoms with Crippen molar-refractivity contribution in [3.05, 3.63) is 23.8 Å². The van der Waals surface area contributed by atoms with E-state index in [1.54, 1.807) is 0 Å². The molecule has 1 aliphatic rings. The van der Waals surface area contributed by atoms with Crippen molar-refractivity contribution in [2.45, 2.75) is 12.1 Å². The fourth-order valence-electron chi connectivity index (χ4n) is 1.04. The summed E-state index contributed by atoms with van der Waals surface area (Å²) < 4.78 is 38.4. The van der Waals surface area contributed by atoms with Gasteiger partial charge in [-0.25, -0.2) is 9.18 Å². The summed E-state index contributed by atoms with van der Waals surface area (Å²) in [6.07, 6.45) is -1.25. The molecule has 0 bridgehead atoms. The van der Waals surface area contributed by atoms with Crippen LogP contribution in [0.3, 0.4) is 0 Å². The Morgan fingerprint density at radius 2 is 2.29 bits per heavy atom. The van der Waals surface area contributed by atoms with Crippen molar-refractivity contribution in [1.82, 2.24) is 5.32 Å². The van der Waals surface area contributed by atoms with Gasteiger partial charge in [-0.2, -0.15) is 8.78 Å². The fraction of sp³-hybridized carbons (Fsp3) is 0.375. The number of hydrogen-bond donors (Lipinski definition) is 2. The molecule has 0 saturated heterocycles. The largest absolute Gasteiger partial charge is 0.465 e. The second-order valence-corrected chi connectivity index (χ2v) is 2.80. The first kappa shape index (κ1) is 10.6. The standard InChI is InChI=1S/C8H8F3NO2/c9-6-5(4-12-7(13)14)2-1-3-8(6,10)11/h1-3,6,12H,4H2,(H,13,14). The Morgan fingerprint density at radius 1 is 1.64 bits per heavy atom. The molecule has 0 aromatic heterocycles. The minimum Gasteiger partial charge on any atom is -0.465 e. The van der Waals surface area contributed by atoms with Crippen LogP contribution in [0.25, 0.3) is 0 Å². The maximum Gasteiger partial charge on any atom is 0.404 e. The van der Waals surface area contributed by atoms with E-state index in [0.29, 0.717) is 6.08 Å². The van der Waals surface area contributed by atoms with E-state index in [2.05, 4.69) is 0 Å². The summed E-state index contributed by atoms with van der Waals surface area (Å²) in [6.45, 7) is -0.434. The SMILES string of the molecule is O=C(O)NCC1=CC=CC(F)(F)C1F. The number of hydrogen-bond acceptors (Lipinski definition) is 1. The first-order chi connectivity index (χ1) is 6.43. The van der Waals surface area contributed by atoms with E-state index >= 15 is 0 Å². The van der Waals surface area contributed by atoms with E-state index in [0.717, 1.165) is 12.2 Å². The topological polar surface area (TPSA) is 49.3 Å². The van der Waals surface area contributed by atoms with Crippen LogP contribution in [0.15, 0.2) is 23.8 Å². The van der Waals surface area contributed by atoms with Crippen LogP contribution in [-0.2, 0) is 0 Å². The monoisotopic (exact) mass is 207 g/mol. The lowest BCUT2D eigenvalue weighted by Gasteiger charge is -2.22. The quantitative estimate of drug-likeness (QED) is 0.724. The number of allylic oxidation sites excluding steroid dienone is 3. The number of nitrogens with one attached hydrogen (secondary N) is 1. The van der Waals surface area contributed by atoms with Crippen LogP contribution in [0.1, 0.15) is 0 Å². The molecule has 0 spiro atoms. The Morgan fingerprint density at radius 3 is 2.86 bits per heavy atom. The summed E-state index contributed by atoms with van der Waals surface area (Å²) >= 11 is 0.